The minimum absolute atomic E-state index is 0.0298. The molecule has 6 heteroatoms. The van der Waals surface area contributed by atoms with Gasteiger partial charge in [0.05, 0.1) is 0 Å². The van der Waals surface area contributed by atoms with E-state index in [9.17, 15) is 4.79 Å². The minimum Gasteiger partial charge on any atom is -0.423 e. The Morgan fingerprint density at radius 1 is 1.23 bits per heavy atom. The standard InChI is InChI=1S/C16H25BNO3P/c1-16(18-15(19)22)10-2-4-12(5-3-11-16)13-6-8-14(9-7-13)17(20)21/h6-9,12,20-21H,2-5,10-11,22H2,1H3,(H,18,19). The van der Waals surface area contributed by atoms with Crippen molar-refractivity contribution in [3.05, 3.63) is 29.8 Å². The van der Waals surface area contributed by atoms with Crippen molar-refractivity contribution in [1.82, 2.24) is 5.32 Å². The number of amides is 1. The molecule has 1 aromatic rings. The van der Waals surface area contributed by atoms with Gasteiger partial charge in [0.1, 0.15) is 0 Å². The summed E-state index contributed by atoms with van der Waals surface area (Å²) in [5.41, 5.74) is 1.68. The number of carbonyl (C=O) groups excluding carboxylic acids is 1. The molecule has 0 bridgehead atoms. The maximum Gasteiger partial charge on any atom is 0.488 e. The van der Waals surface area contributed by atoms with Crippen molar-refractivity contribution in [2.75, 3.05) is 0 Å². The van der Waals surface area contributed by atoms with Gasteiger partial charge in [0.15, 0.2) is 0 Å². The van der Waals surface area contributed by atoms with Crippen LogP contribution in [0.4, 0.5) is 4.79 Å². The van der Waals surface area contributed by atoms with Gasteiger partial charge in [0.25, 0.3) is 0 Å². The van der Waals surface area contributed by atoms with Gasteiger partial charge in [0, 0.05) is 5.54 Å². The van der Waals surface area contributed by atoms with Gasteiger partial charge < -0.3 is 15.4 Å². The summed E-state index contributed by atoms with van der Waals surface area (Å²) in [5.74, 6) is 0.515. The fourth-order valence-electron chi connectivity index (χ4n) is 3.44. The molecule has 4 nitrogen and oxygen atoms in total. The van der Waals surface area contributed by atoms with Crippen LogP contribution in [-0.2, 0) is 0 Å². The Balaban J connectivity index is 1.97. The zero-order valence-electron chi connectivity index (χ0n) is 13.1. The largest absolute Gasteiger partial charge is 0.488 e. The van der Waals surface area contributed by atoms with Crippen LogP contribution in [0.3, 0.4) is 0 Å². The van der Waals surface area contributed by atoms with Crippen LogP contribution in [0.5, 0.6) is 0 Å². The second-order valence-corrected chi connectivity index (χ2v) is 7.10. The molecule has 1 fully saturated rings. The number of hydrogen-bond donors (Lipinski definition) is 3. The van der Waals surface area contributed by atoms with E-state index in [1.807, 2.05) is 12.1 Å². The molecule has 1 unspecified atom stereocenters. The molecule has 3 N–H and O–H groups in total. The van der Waals surface area contributed by atoms with Gasteiger partial charge in [0.2, 0.25) is 5.65 Å². The minimum atomic E-state index is -1.40. The lowest BCUT2D eigenvalue weighted by Gasteiger charge is -2.34. The van der Waals surface area contributed by atoms with E-state index in [0.29, 0.717) is 11.4 Å². The maximum absolute atomic E-state index is 11.3. The summed E-state index contributed by atoms with van der Waals surface area (Å²) in [6.45, 7) is 2.13. The lowest BCUT2D eigenvalue weighted by molar-refractivity contribution is 0.233. The first-order valence-corrected chi connectivity index (χ1v) is 8.51. The predicted octanol–water partition coefficient (Wildman–Crippen LogP) is 2.15. The molecule has 0 heterocycles. The van der Waals surface area contributed by atoms with Gasteiger partial charge in [-0.2, -0.15) is 0 Å². The first kappa shape index (κ1) is 17.5. The number of nitrogens with one attached hydrogen (secondary N) is 1. The summed E-state index contributed by atoms with van der Waals surface area (Å²) in [6.07, 6.45) is 6.35. The van der Waals surface area contributed by atoms with Gasteiger partial charge >= 0.3 is 7.12 Å². The molecular formula is C16H25BNO3P. The topological polar surface area (TPSA) is 69.6 Å². The molecule has 22 heavy (non-hydrogen) atoms. The van der Waals surface area contributed by atoms with E-state index in [4.69, 9.17) is 10.0 Å². The molecule has 1 atom stereocenters. The quantitative estimate of drug-likeness (QED) is 0.590. The van der Waals surface area contributed by atoms with Crippen molar-refractivity contribution in [3.8, 4) is 0 Å². The highest BCUT2D eigenvalue weighted by Gasteiger charge is 2.28. The van der Waals surface area contributed by atoms with Crippen LogP contribution in [0.15, 0.2) is 24.3 Å². The van der Waals surface area contributed by atoms with Gasteiger partial charge in [-0.1, -0.05) is 37.1 Å². The van der Waals surface area contributed by atoms with E-state index in [1.165, 1.54) is 5.56 Å². The van der Waals surface area contributed by atoms with Crippen molar-refractivity contribution in [3.63, 3.8) is 0 Å². The van der Waals surface area contributed by atoms with Gasteiger partial charge in [-0.3, -0.25) is 4.79 Å². The SMILES string of the molecule is CC1(NC(=O)P)CCCC(c2ccc(B(O)O)cc2)CCC1. The Kier molecular flexibility index (Phi) is 6.02. The zero-order valence-corrected chi connectivity index (χ0v) is 14.2. The van der Waals surface area contributed by atoms with E-state index in [0.717, 1.165) is 38.5 Å². The monoisotopic (exact) mass is 321 g/mol. The van der Waals surface area contributed by atoms with Crippen LogP contribution >= 0.6 is 9.24 Å². The highest BCUT2D eigenvalue weighted by atomic mass is 31.0. The predicted molar refractivity (Wildman–Crippen MR) is 93.4 cm³/mol. The van der Waals surface area contributed by atoms with Crippen LogP contribution in [0.2, 0.25) is 0 Å². The second kappa shape index (κ2) is 7.58. The Morgan fingerprint density at radius 2 is 1.77 bits per heavy atom. The summed E-state index contributed by atoms with van der Waals surface area (Å²) in [4.78, 5) is 11.3. The van der Waals surface area contributed by atoms with E-state index < -0.39 is 7.12 Å². The van der Waals surface area contributed by atoms with Crippen LogP contribution in [0.25, 0.3) is 0 Å². The zero-order chi connectivity index (χ0) is 16.2. The molecule has 0 aromatic heterocycles. The van der Waals surface area contributed by atoms with Crippen LogP contribution < -0.4 is 10.8 Å². The molecule has 0 aliphatic heterocycles. The normalized spacial score (nSPS) is 25.9. The van der Waals surface area contributed by atoms with Crippen LogP contribution in [0, 0.1) is 0 Å². The molecule has 1 saturated carbocycles. The van der Waals surface area contributed by atoms with Crippen molar-refractivity contribution in [2.24, 2.45) is 0 Å². The van der Waals surface area contributed by atoms with E-state index in [2.05, 4.69) is 21.5 Å². The highest BCUT2D eigenvalue weighted by molar-refractivity contribution is 7.39. The van der Waals surface area contributed by atoms with Crippen molar-refractivity contribution in [2.45, 2.75) is 56.9 Å². The molecule has 120 valence electrons. The molecule has 1 aliphatic carbocycles. The lowest BCUT2D eigenvalue weighted by Crippen LogP contribution is -2.44. The first-order chi connectivity index (χ1) is 10.4. The Labute approximate surface area is 135 Å². The molecule has 0 spiro atoms. The number of carbonyl (C=O) groups is 1. The summed E-state index contributed by atoms with van der Waals surface area (Å²) in [6, 6.07) is 7.59. The fraction of sp³-hybridized carbons (Fsp3) is 0.562. The second-order valence-electron chi connectivity index (χ2n) is 6.57. The third-order valence-corrected chi connectivity index (χ3v) is 4.84. The third kappa shape index (κ3) is 4.80. The molecule has 1 aromatic carbocycles. The first-order valence-electron chi connectivity index (χ1n) is 7.93. The lowest BCUT2D eigenvalue weighted by atomic mass is 9.77. The van der Waals surface area contributed by atoms with Crippen molar-refractivity contribution in [1.29, 1.82) is 0 Å². The van der Waals surface area contributed by atoms with Crippen LogP contribution in [0.1, 0.15) is 56.9 Å². The average Bonchev–Trinajstić information content (AvgIpc) is 2.42. The van der Waals surface area contributed by atoms with E-state index >= 15 is 0 Å². The fourth-order valence-corrected chi connectivity index (χ4v) is 3.79. The number of hydrogen-bond acceptors (Lipinski definition) is 3. The summed E-state index contributed by atoms with van der Waals surface area (Å²) < 4.78 is 0. The summed E-state index contributed by atoms with van der Waals surface area (Å²) >= 11 is 0. The van der Waals surface area contributed by atoms with Crippen LogP contribution in [-0.4, -0.2) is 28.4 Å². The Morgan fingerprint density at radius 3 is 2.23 bits per heavy atom. The number of rotatable bonds is 3. The highest BCUT2D eigenvalue weighted by Crippen LogP contribution is 2.34. The smallest absolute Gasteiger partial charge is 0.423 e. The Bertz CT molecular complexity index is 497. The summed E-state index contributed by atoms with van der Waals surface area (Å²) in [5, 5.41) is 21.4. The summed E-state index contributed by atoms with van der Waals surface area (Å²) in [7, 11) is 0.800. The average molecular weight is 321 g/mol. The van der Waals surface area contributed by atoms with Gasteiger partial charge in [-0.05, 0) is 58.8 Å². The van der Waals surface area contributed by atoms with E-state index in [-0.39, 0.29) is 11.2 Å². The molecule has 1 amide bonds. The third-order valence-electron chi connectivity index (χ3n) is 4.69. The van der Waals surface area contributed by atoms with Gasteiger partial charge in [-0.15, -0.1) is 0 Å². The van der Waals surface area contributed by atoms with Crippen molar-refractivity contribution < 1.29 is 14.8 Å². The molecule has 2 rings (SSSR count). The molecule has 0 saturated heterocycles. The Hall–Kier alpha value is -0.895. The molecule has 1 aliphatic rings. The van der Waals surface area contributed by atoms with Crippen molar-refractivity contribution >= 4 is 27.5 Å². The molecular weight excluding hydrogens is 296 g/mol. The van der Waals surface area contributed by atoms with Gasteiger partial charge in [-0.25, -0.2) is 0 Å². The number of benzene rings is 1. The molecule has 0 radical (unpaired) electrons. The van der Waals surface area contributed by atoms with E-state index in [1.54, 1.807) is 12.1 Å². The maximum atomic E-state index is 11.3.